The average Bonchev–Trinajstić information content (AvgIpc) is 2.42. The molecule has 0 aromatic heterocycles. The number of hydrogen-bond donors (Lipinski definition) is 2. The zero-order chi connectivity index (χ0) is 13.5. The van der Waals surface area contributed by atoms with E-state index in [-0.39, 0.29) is 30.7 Å². The highest BCUT2D eigenvalue weighted by molar-refractivity contribution is 7.99. The number of nitrogens with zero attached hydrogens (tertiary/aromatic N) is 1. The van der Waals surface area contributed by atoms with E-state index in [0.29, 0.717) is 12.5 Å². The summed E-state index contributed by atoms with van der Waals surface area (Å²) in [6, 6.07) is 0.370. The van der Waals surface area contributed by atoms with E-state index in [9.17, 15) is 4.79 Å². The Morgan fingerprint density at radius 2 is 2.05 bits per heavy atom. The number of hydrogen-bond acceptors (Lipinski definition) is 4. The lowest BCUT2D eigenvalue weighted by molar-refractivity contribution is -0.121. The summed E-state index contributed by atoms with van der Waals surface area (Å²) in [6.45, 7) is 7.55. The fourth-order valence-electron chi connectivity index (χ4n) is 2.69. The van der Waals surface area contributed by atoms with Crippen LogP contribution in [0.15, 0.2) is 0 Å². The van der Waals surface area contributed by atoms with Gasteiger partial charge in [0.15, 0.2) is 0 Å². The Kier molecular flexibility index (Phi) is 12.0. The molecule has 1 amide bonds. The van der Waals surface area contributed by atoms with Crippen LogP contribution in [0.3, 0.4) is 0 Å². The topological polar surface area (TPSA) is 44.4 Å². The number of halogens is 2. The summed E-state index contributed by atoms with van der Waals surface area (Å²) < 4.78 is 0. The highest BCUT2D eigenvalue weighted by Gasteiger charge is 2.17. The molecule has 0 radical (unpaired) electrons. The van der Waals surface area contributed by atoms with Crippen molar-refractivity contribution in [2.45, 2.75) is 32.2 Å². The van der Waals surface area contributed by atoms with Gasteiger partial charge in [-0.3, -0.25) is 4.79 Å². The lowest BCUT2D eigenvalue weighted by atomic mass is 9.99. The Morgan fingerprint density at radius 1 is 1.33 bits per heavy atom. The number of amides is 1. The Labute approximate surface area is 145 Å². The molecule has 1 unspecified atom stereocenters. The van der Waals surface area contributed by atoms with Crippen molar-refractivity contribution in [2.24, 2.45) is 5.92 Å². The van der Waals surface area contributed by atoms with E-state index in [2.05, 4.69) is 22.5 Å². The maximum Gasteiger partial charge on any atom is 0.221 e. The molecule has 2 aliphatic heterocycles. The molecule has 0 aliphatic carbocycles. The molecule has 0 saturated carbocycles. The van der Waals surface area contributed by atoms with Crippen LogP contribution < -0.4 is 10.6 Å². The van der Waals surface area contributed by atoms with Crippen LogP contribution in [-0.2, 0) is 4.79 Å². The molecule has 0 bridgehead atoms. The van der Waals surface area contributed by atoms with Crippen molar-refractivity contribution < 1.29 is 4.79 Å². The molecular formula is C14H29Cl2N3OS. The van der Waals surface area contributed by atoms with Gasteiger partial charge in [0.1, 0.15) is 0 Å². The van der Waals surface area contributed by atoms with Gasteiger partial charge in [-0.15, -0.1) is 24.8 Å². The van der Waals surface area contributed by atoms with Gasteiger partial charge in [-0.05, 0) is 31.8 Å². The predicted octanol–water partition coefficient (Wildman–Crippen LogP) is 1.77. The minimum Gasteiger partial charge on any atom is -0.355 e. The smallest absolute Gasteiger partial charge is 0.221 e. The van der Waals surface area contributed by atoms with Gasteiger partial charge >= 0.3 is 0 Å². The summed E-state index contributed by atoms with van der Waals surface area (Å²) >= 11 is 1.94. The SMILES string of the molecule is CC1CCN(CCNC(=O)CC2CSCCN2)CC1.Cl.Cl. The Hall–Kier alpha value is 0.320. The second-order valence-electron chi connectivity index (χ2n) is 5.80. The second-order valence-corrected chi connectivity index (χ2v) is 6.95. The van der Waals surface area contributed by atoms with E-state index in [0.717, 1.165) is 31.3 Å². The molecule has 2 fully saturated rings. The average molecular weight is 358 g/mol. The van der Waals surface area contributed by atoms with Crippen LogP contribution in [0.4, 0.5) is 0 Å². The fourth-order valence-corrected chi connectivity index (χ4v) is 3.63. The molecule has 4 nitrogen and oxygen atoms in total. The van der Waals surface area contributed by atoms with Crippen molar-refractivity contribution in [2.75, 3.05) is 44.2 Å². The Bertz CT molecular complexity index is 283. The lowest BCUT2D eigenvalue weighted by Gasteiger charge is -2.30. The summed E-state index contributed by atoms with van der Waals surface area (Å²) in [5.41, 5.74) is 0. The Balaban J connectivity index is 0.00000200. The van der Waals surface area contributed by atoms with E-state index in [1.807, 2.05) is 11.8 Å². The van der Waals surface area contributed by atoms with Crippen LogP contribution in [0.25, 0.3) is 0 Å². The van der Waals surface area contributed by atoms with Gasteiger partial charge in [0.25, 0.3) is 0 Å². The van der Waals surface area contributed by atoms with Crippen LogP contribution in [-0.4, -0.2) is 61.1 Å². The van der Waals surface area contributed by atoms with Gasteiger partial charge in [0.2, 0.25) is 5.91 Å². The van der Waals surface area contributed by atoms with Crippen LogP contribution in [0.2, 0.25) is 0 Å². The van der Waals surface area contributed by atoms with Crippen LogP contribution in [0.5, 0.6) is 0 Å². The van der Waals surface area contributed by atoms with Crippen LogP contribution in [0, 0.1) is 5.92 Å². The van der Waals surface area contributed by atoms with Gasteiger partial charge in [0, 0.05) is 43.6 Å². The normalized spacial score (nSPS) is 23.8. The summed E-state index contributed by atoms with van der Waals surface area (Å²) in [7, 11) is 0. The maximum atomic E-state index is 11.8. The van der Waals surface area contributed by atoms with E-state index < -0.39 is 0 Å². The third-order valence-corrected chi connectivity index (χ3v) is 5.19. The first-order valence-electron chi connectivity index (χ1n) is 7.54. The van der Waals surface area contributed by atoms with E-state index in [4.69, 9.17) is 0 Å². The first-order valence-corrected chi connectivity index (χ1v) is 8.69. The molecule has 0 spiro atoms. The number of carbonyl (C=O) groups is 1. The summed E-state index contributed by atoms with van der Waals surface area (Å²) in [4.78, 5) is 14.3. The third-order valence-electron chi connectivity index (χ3n) is 4.06. The zero-order valence-corrected chi connectivity index (χ0v) is 15.3. The molecule has 2 aliphatic rings. The fraction of sp³-hybridized carbons (Fsp3) is 0.929. The Morgan fingerprint density at radius 3 is 2.67 bits per heavy atom. The van der Waals surface area contributed by atoms with Crippen molar-refractivity contribution in [3.05, 3.63) is 0 Å². The molecule has 2 rings (SSSR count). The first kappa shape index (κ1) is 21.3. The van der Waals surface area contributed by atoms with Crippen molar-refractivity contribution in [3.63, 3.8) is 0 Å². The van der Waals surface area contributed by atoms with E-state index >= 15 is 0 Å². The number of nitrogens with one attached hydrogen (secondary N) is 2. The minimum absolute atomic E-state index is 0. The van der Waals surface area contributed by atoms with Crippen molar-refractivity contribution in [1.82, 2.24) is 15.5 Å². The highest BCUT2D eigenvalue weighted by Crippen LogP contribution is 2.15. The summed E-state index contributed by atoms with van der Waals surface area (Å²) in [5.74, 6) is 3.31. The van der Waals surface area contributed by atoms with Gasteiger partial charge in [-0.2, -0.15) is 11.8 Å². The van der Waals surface area contributed by atoms with E-state index in [1.54, 1.807) is 0 Å². The molecule has 0 aromatic carbocycles. The molecule has 2 N–H and O–H groups in total. The molecule has 0 aromatic rings. The number of rotatable bonds is 5. The summed E-state index contributed by atoms with van der Waals surface area (Å²) in [5, 5.41) is 6.46. The highest BCUT2D eigenvalue weighted by atomic mass is 35.5. The van der Waals surface area contributed by atoms with Gasteiger partial charge in [-0.1, -0.05) is 6.92 Å². The molecule has 7 heteroatoms. The van der Waals surface area contributed by atoms with Crippen molar-refractivity contribution in [1.29, 1.82) is 0 Å². The second kappa shape index (κ2) is 11.8. The number of piperidine rings is 1. The van der Waals surface area contributed by atoms with Crippen molar-refractivity contribution >= 4 is 42.5 Å². The monoisotopic (exact) mass is 357 g/mol. The van der Waals surface area contributed by atoms with Gasteiger partial charge < -0.3 is 15.5 Å². The van der Waals surface area contributed by atoms with Crippen LogP contribution in [0.1, 0.15) is 26.2 Å². The number of thioether (sulfide) groups is 1. The molecule has 2 saturated heterocycles. The summed E-state index contributed by atoms with van der Waals surface area (Å²) in [6.07, 6.45) is 3.23. The molecule has 21 heavy (non-hydrogen) atoms. The molecular weight excluding hydrogens is 329 g/mol. The predicted molar refractivity (Wildman–Crippen MR) is 96.1 cm³/mol. The van der Waals surface area contributed by atoms with Gasteiger partial charge in [-0.25, -0.2) is 0 Å². The molecule has 1 atom stereocenters. The molecule has 126 valence electrons. The quantitative estimate of drug-likeness (QED) is 0.786. The minimum atomic E-state index is 0. The number of carbonyl (C=O) groups excluding carboxylic acids is 1. The maximum absolute atomic E-state index is 11.8. The van der Waals surface area contributed by atoms with Gasteiger partial charge in [0.05, 0.1) is 0 Å². The largest absolute Gasteiger partial charge is 0.355 e. The van der Waals surface area contributed by atoms with Crippen LogP contribution >= 0.6 is 36.6 Å². The first-order chi connectivity index (χ1) is 9.24. The number of likely N-dealkylation sites (tertiary alicyclic amines) is 1. The lowest BCUT2D eigenvalue weighted by Crippen LogP contribution is -2.43. The standard InChI is InChI=1S/C14H27N3OS.2ClH/c1-12-2-6-17(7-3-12)8-4-16-14(18)10-13-11-19-9-5-15-13;;/h12-13,15H,2-11H2,1H3,(H,16,18);2*1H. The zero-order valence-electron chi connectivity index (χ0n) is 12.8. The third kappa shape index (κ3) is 8.50. The van der Waals surface area contributed by atoms with E-state index in [1.165, 1.54) is 31.7 Å². The van der Waals surface area contributed by atoms with Crippen molar-refractivity contribution in [3.8, 4) is 0 Å². The molecule has 2 heterocycles.